The number of halogens is 2. The average Bonchev–Trinajstić information content (AvgIpc) is 2.28. The molecule has 0 fully saturated rings. The van der Waals surface area contributed by atoms with Gasteiger partial charge in [-0.2, -0.15) is 0 Å². The Morgan fingerprint density at radius 2 is 2.06 bits per heavy atom. The van der Waals surface area contributed by atoms with Gasteiger partial charge in [0.15, 0.2) is 0 Å². The minimum atomic E-state index is -2.61. The topological polar surface area (TPSA) is 92.4 Å². The molecule has 0 saturated heterocycles. The van der Waals surface area contributed by atoms with E-state index in [0.717, 1.165) is 17.3 Å². The number of hydrogen-bond acceptors (Lipinski definition) is 6. The van der Waals surface area contributed by atoms with Gasteiger partial charge < -0.3 is 10.0 Å². The zero-order chi connectivity index (χ0) is 12.8. The summed E-state index contributed by atoms with van der Waals surface area (Å²) in [5.74, 6) is -0.0787. The van der Waals surface area contributed by atoms with Crippen molar-refractivity contribution in [3.8, 4) is 0 Å². The van der Waals surface area contributed by atoms with E-state index in [2.05, 4.69) is 9.97 Å². The fraction of sp³-hybridized carbons (Fsp3) is 0.500. The van der Waals surface area contributed by atoms with Gasteiger partial charge in [0, 0.05) is 6.54 Å². The minimum Gasteiger partial charge on any atom is -0.395 e. The van der Waals surface area contributed by atoms with Crippen LogP contribution in [0.1, 0.15) is 0 Å². The Labute approximate surface area is 94.9 Å². The van der Waals surface area contributed by atoms with Crippen LogP contribution in [0, 0.1) is 10.1 Å². The Morgan fingerprint density at radius 3 is 2.47 bits per heavy atom. The molecule has 7 nitrogen and oxygen atoms in total. The molecule has 1 aromatic heterocycles. The van der Waals surface area contributed by atoms with Gasteiger partial charge in [0.1, 0.15) is 12.4 Å². The molecule has 1 aromatic rings. The third kappa shape index (κ3) is 3.87. The summed E-state index contributed by atoms with van der Waals surface area (Å²) in [6.45, 7) is -1.05. The number of aliphatic hydroxyl groups excluding tert-OH is 1. The summed E-state index contributed by atoms with van der Waals surface area (Å²) in [6.07, 6.45) is -0.753. The van der Waals surface area contributed by atoms with Crippen molar-refractivity contribution in [1.29, 1.82) is 0 Å². The fourth-order valence-electron chi connectivity index (χ4n) is 1.13. The van der Waals surface area contributed by atoms with E-state index in [9.17, 15) is 18.9 Å². The first-order chi connectivity index (χ1) is 8.04. The molecule has 0 radical (unpaired) electrons. The lowest BCUT2D eigenvalue weighted by atomic mass is 10.5. The van der Waals surface area contributed by atoms with Crippen LogP contribution in [0.15, 0.2) is 12.4 Å². The van der Waals surface area contributed by atoms with Gasteiger partial charge in [0.2, 0.25) is 5.95 Å². The molecule has 1 heterocycles. The van der Waals surface area contributed by atoms with Crippen molar-refractivity contribution >= 4 is 11.6 Å². The maximum Gasteiger partial charge on any atom is 0.305 e. The third-order valence-corrected chi connectivity index (χ3v) is 1.85. The van der Waals surface area contributed by atoms with Crippen molar-refractivity contribution in [3.05, 3.63) is 22.5 Å². The van der Waals surface area contributed by atoms with E-state index in [0.29, 0.717) is 0 Å². The van der Waals surface area contributed by atoms with Crippen molar-refractivity contribution in [1.82, 2.24) is 9.97 Å². The molecule has 9 heteroatoms. The van der Waals surface area contributed by atoms with Gasteiger partial charge in [-0.1, -0.05) is 0 Å². The van der Waals surface area contributed by atoms with Gasteiger partial charge in [0.05, 0.1) is 18.1 Å². The van der Waals surface area contributed by atoms with E-state index in [-0.39, 0.29) is 24.8 Å². The Morgan fingerprint density at radius 1 is 1.47 bits per heavy atom. The number of hydrogen-bond donors (Lipinski definition) is 1. The number of aliphatic hydroxyl groups is 1. The van der Waals surface area contributed by atoms with E-state index in [1.807, 2.05) is 0 Å². The molecule has 17 heavy (non-hydrogen) atoms. The molecule has 0 unspecified atom stereocenters. The quantitative estimate of drug-likeness (QED) is 0.580. The second kappa shape index (κ2) is 5.99. The van der Waals surface area contributed by atoms with Crippen LogP contribution in [-0.2, 0) is 0 Å². The molecule has 0 aliphatic carbocycles. The number of nitrogens with zero attached hydrogens (tertiary/aromatic N) is 4. The molecule has 0 amide bonds. The van der Waals surface area contributed by atoms with Crippen molar-refractivity contribution in [2.45, 2.75) is 6.43 Å². The summed E-state index contributed by atoms with van der Waals surface area (Å²) < 4.78 is 24.4. The third-order valence-electron chi connectivity index (χ3n) is 1.85. The van der Waals surface area contributed by atoms with Crippen LogP contribution in [0.25, 0.3) is 0 Å². The van der Waals surface area contributed by atoms with Crippen LogP contribution >= 0.6 is 0 Å². The number of alkyl halides is 2. The number of anilines is 1. The van der Waals surface area contributed by atoms with Crippen LogP contribution in [-0.4, -0.2) is 46.1 Å². The lowest BCUT2D eigenvalue weighted by Crippen LogP contribution is -2.33. The van der Waals surface area contributed by atoms with Crippen molar-refractivity contribution in [2.75, 3.05) is 24.6 Å². The molecule has 0 bridgehead atoms. The van der Waals surface area contributed by atoms with Gasteiger partial charge in [-0.05, 0) is 0 Å². The van der Waals surface area contributed by atoms with Crippen molar-refractivity contribution in [3.63, 3.8) is 0 Å². The van der Waals surface area contributed by atoms with E-state index < -0.39 is 17.9 Å². The SMILES string of the molecule is O=[N+]([O-])c1cnc(N(CCO)CC(F)F)nc1. The largest absolute Gasteiger partial charge is 0.395 e. The second-order valence-corrected chi connectivity index (χ2v) is 3.06. The molecule has 1 rings (SSSR count). The summed E-state index contributed by atoms with van der Waals surface area (Å²) in [7, 11) is 0. The van der Waals surface area contributed by atoms with Gasteiger partial charge in [-0.25, -0.2) is 18.7 Å². The summed E-state index contributed by atoms with van der Waals surface area (Å²) in [4.78, 5) is 17.9. The molecule has 0 spiro atoms. The zero-order valence-electron chi connectivity index (χ0n) is 8.66. The maximum atomic E-state index is 12.2. The Balaban J connectivity index is 2.83. The normalized spacial score (nSPS) is 10.6. The first kappa shape index (κ1) is 13.2. The zero-order valence-corrected chi connectivity index (χ0v) is 8.66. The molecule has 1 N–H and O–H groups in total. The predicted octanol–water partition coefficient (Wildman–Crippen LogP) is 0.449. The van der Waals surface area contributed by atoms with E-state index in [1.165, 1.54) is 0 Å². The summed E-state index contributed by atoms with van der Waals surface area (Å²) in [5, 5.41) is 19.0. The lowest BCUT2D eigenvalue weighted by molar-refractivity contribution is -0.385. The lowest BCUT2D eigenvalue weighted by Gasteiger charge is -2.20. The molecule has 0 aliphatic rings. The van der Waals surface area contributed by atoms with Gasteiger partial charge >= 0.3 is 5.69 Å². The Kier molecular flexibility index (Phi) is 4.64. The first-order valence-electron chi connectivity index (χ1n) is 4.65. The van der Waals surface area contributed by atoms with Gasteiger partial charge in [-0.3, -0.25) is 10.1 Å². The number of nitro groups is 1. The molecule has 0 aliphatic heterocycles. The van der Waals surface area contributed by atoms with Crippen LogP contribution < -0.4 is 4.90 Å². The number of aromatic nitrogens is 2. The molecule has 94 valence electrons. The molecular formula is C8H10F2N4O3. The summed E-state index contributed by atoms with van der Waals surface area (Å²) in [5.41, 5.74) is -0.324. The first-order valence-corrected chi connectivity index (χ1v) is 4.65. The summed E-state index contributed by atoms with van der Waals surface area (Å²) in [6, 6.07) is 0. The van der Waals surface area contributed by atoms with Crippen LogP contribution in [0.4, 0.5) is 20.4 Å². The highest BCUT2D eigenvalue weighted by Crippen LogP contribution is 2.12. The highest BCUT2D eigenvalue weighted by molar-refractivity contribution is 5.33. The summed E-state index contributed by atoms with van der Waals surface area (Å²) >= 11 is 0. The van der Waals surface area contributed by atoms with Crippen molar-refractivity contribution < 1.29 is 18.8 Å². The Hall–Kier alpha value is -1.90. The van der Waals surface area contributed by atoms with Crippen LogP contribution in [0.3, 0.4) is 0 Å². The highest BCUT2D eigenvalue weighted by atomic mass is 19.3. The standard InChI is InChI=1S/C8H10F2N4O3/c9-7(10)5-13(1-2-15)8-11-3-6(4-12-8)14(16)17/h3-4,7,15H,1-2,5H2. The smallest absolute Gasteiger partial charge is 0.305 e. The monoisotopic (exact) mass is 248 g/mol. The van der Waals surface area contributed by atoms with Gasteiger partial charge in [-0.15, -0.1) is 0 Å². The number of rotatable bonds is 6. The van der Waals surface area contributed by atoms with Gasteiger partial charge in [0.25, 0.3) is 6.43 Å². The molecule has 0 saturated carbocycles. The molecule has 0 aromatic carbocycles. The van der Waals surface area contributed by atoms with E-state index in [1.54, 1.807) is 0 Å². The predicted molar refractivity (Wildman–Crippen MR) is 54.0 cm³/mol. The second-order valence-electron chi connectivity index (χ2n) is 3.06. The van der Waals surface area contributed by atoms with E-state index >= 15 is 0 Å². The fourth-order valence-corrected chi connectivity index (χ4v) is 1.13. The van der Waals surface area contributed by atoms with E-state index in [4.69, 9.17) is 5.11 Å². The molecule has 0 atom stereocenters. The average molecular weight is 248 g/mol. The maximum absolute atomic E-state index is 12.2. The highest BCUT2D eigenvalue weighted by Gasteiger charge is 2.16. The van der Waals surface area contributed by atoms with Crippen LogP contribution in [0.5, 0.6) is 0 Å². The minimum absolute atomic E-state index is 0.0673. The molecular weight excluding hydrogens is 238 g/mol. The van der Waals surface area contributed by atoms with Crippen molar-refractivity contribution in [2.24, 2.45) is 0 Å². The van der Waals surface area contributed by atoms with Crippen LogP contribution in [0.2, 0.25) is 0 Å². The Bertz CT molecular complexity index is 374.